The number of benzene rings is 7. The molecule has 4 N–H and O–H groups in total. The monoisotopic (exact) mass is 1400 g/mol. The topological polar surface area (TPSA) is 160 Å². The van der Waals surface area contributed by atoms with Crippen LogP contribution in [0.1, 0.15) is 94.5 Å². The van der Waals surface area contributed by atoms with Crippen molar-refractivity contribution in [3.63, 3.8) is 0 Å². The van der Waals surface area contributed by atoms with Crippen molar-refractivity contribution in [1.82, 2.24) is 29.3 Å². The Balaban J connectivity index is 0.000000158. The number of aromatic nitrogens is 7. The molecule has 12 aromatic rings. The standard InChI is InChI=1S/C21H25N2.C20H16FN3.C14H21BN2O2.C12H9ClFN.C6H6BFO2.C6H5Cl2N/c1-14-9-16(3)20(17(4)10-14)22-7-8-23(13-22)21-18(5)11-15(2)12-19(21)6;1-24-20-8-6-16(11-17(20)13-23-24)19-7-5-15(12-22-19)9-14-3-2-4-18(21)10-14;1-13(2)14(3,4)19-15(18-13)11-6-7-12(17-5)10(8-11)9-16;13-12-5-4-10(8-15-12)6-9-2-1-3-11(14)7-9;8-6-3-1-2-5(4-6)7(9)10;7-3-5-1-2-6(8)9-4-5/h7-13H,1-6H3;2-8,10-13H,9H2,1H3;6-9,16-17H,1-5H3;1-5,7-8H,6H2;1-4,9-10H;1-2,4H,3H2/q+1;;;;;. The molecule has 21 heteroatoms. The van der Waals surface area contributed by atoms with Crippen LogP contribution in [0.25, 0.3) is 33.5 Å². The molecule has 514 valence electrons. The number of imidazole rings is 1. The molecule has 1 saturated heterocycles. The quantitative estimate of drug-likeness (QED) is 0.0307. The zero-order valence-corrected chi connectivity index (χ0v) is 60.4. The molecule has 7 aromatic carbocycles. The molecule has 1 fully saturated rings. The van der Waals surface area contributed by atoms with Gasteiger partial charge in [-0.15, -0.1) is 11.6 Å². The van der Waals surface area contributed by atoms with Crippen LogP contribution in [-0.2, 0) is 35.1 Å². The van der Waals surface area contributed by atoms with Gasteiger partial charge >= 0.3 is 14.2 Å². The molecule has 0 radical (unpaired) electrons. The fourth-order valence-corrected chi connectivity index (χ4v) is 11.7. The lowest BCUT2D eigenvalue weighted by molar-refractivity contribution is -0.595. The average Bonchev–Trinajstić information content (AvgIpc) is 1.61. The zero-order chi connectivity index (χ0) is 72.4. The number of pyridine rings is 3. The Morgan fingerprint density at radius 3 is 1.62 bits per heavy atom. The Morgan fingerprint density at radius 2 is 1.14 bits per heavy atom. The van der Waals surface area contributed by atoms with Gasteiger partial charge in [-0.25, -0.2) is 32.3 Å². The second kappa shape index (κ2) is 35.2. The summed E-state index contributed by atoms with van der Waals surface area (Å²) in [6.07, 6.45) is 16.2. The van der Waals surface area contributed by atoms with Crippen molar-refractivity contribution in [3.8, 4) is 22.6 Å². The van der Waals surface area contributed by atoms with Gasteiger partial charge in [0.2, 0.25) is 0 Å². The van der Waals surface area contributed by atoms with Crippen molar-refractivity contribution < 1.29 is 37.1 Å². The Bertz CT molecular complexity index is 4580. The minimum atomic E-state index is -1.59. The van der Waals surface area contributed by atoms with E-state index in [-0.39, 0.29) is 35.4 Å². The second-order valence-corrected chi connectivity index (χ2v) is 26.3. The molecule has 100 heavy (non-hydrogen) atoms. The summed E-state index contributed by atoms with van der Waals surface area (Å²) in [7, 11) is 1.81. The summed E-state index contributed by atoms with van der Waals surface area (Å²) < 4.78 is 56.8. The van der Waals surface area contributed by atoms with Crippen molar-refractivity contribution in [2.45, 2.75) is 99.2 Å². The summed E-state index contributed by atoms with van der Waals surface area (Å²) in [6, 6.07) is 50.7. The number of anilines is 1. The van der Waals surface area contributed by atoms with E-state index in [1.165, 1.54) is 87.4 Å². The van der Waals surface area contributed by atoms with Crippen LogP contribution in [0.15, 0.2) is 213 Å². The number of nitrogens with zero attached hydrogens (tertiary/aromatic N) is 7. The van der Waals surface area contributed by atoms with Gasteiger partial charge in [0.1, 0.15) is 51.5 Å². The first-order valence-electron chi connectivity index (χ1n) is 32.3. The highest BCUT2D eigenvalue weighted by Gasteiger charge is 2.51. The molecule has 0 atom stereocenters. The number of fused-ring (bicyclic) bond motifs is 1. The lowest BCUT2D eigenvalue weighted by Crippen LogP contribution is -2.41. The van der Waals surface area contributed by atoms with E-state index in [1.54, 1.807) is 42.7 Å². The van der Waals surface area contributed by atoms with E-state index in [0.29, 0.717) is 29.0 Å². The predicted molar refractivity (Wildman–Crippen MR) is 402 cm³/mol. The number of halogens is 6. The van der Waals surface area contributed by atoms with Crippen LogP contribution in [0.5, 0.6) is 0 Å². The summed E-state index contributed by atoms with van der Waals surface area (Å²) in [5.41, 5.74) is 20.6. The highest BCUT2D eigenvalue weighted by Crippen LogP contribution is 2.37. The fraction of sp³-hybridized carbons (Fsp3) is 0.215. The molecule has 0 spiro atoms. The summed E-state index contributed by atoms with van der Waals surface area (Å²) >= 11 is 16.7. The van der Waals surface area contributed by atoms with Gasteiger partial charge in [-0.2, -0.15) is 5.10 Å². The zero-order valence-electron chi connectivity index (χ0n) is 58.2. The highest BCUT2D eigenvalue weighted by atomic mass is 35.5. The first-order valence-corrected chi connectivity index (χ1v) is 33.6. The lowest BCUT2D eigenvalue weighted by Gasteiger charge is -2.32. The molecule has 13 nitrogen and oxygen atoms in total. The maximum Gasteiger partial charge on any atom is 0.494 e. The minimum absolute atomic E-state index is 0.167. The SMILES string of the molecule is CNc1ccc(B2OC(C)(C)C(C)(C)O2)cc1C=N.Cc1cc(C)c(-n2cc[n+](-c3c(C)cc(C)cc3C)c2)c(C)c1.ClCc1ccc(Cl)nc1.Cn1ncc2cc(-c3ccc(Cc4cccc(F)c4)cn3)ccc21.Fc1cccc(Cc2ccc(Cl)nc2)c1.OB(O)c1cccc(F)c1. The Kier molecular flexibility index (Phi) is 26.9. The van der Waals surface area contributed by atoms with Crippen molar-refractivity contribution in [3.05, 3.63) is 308 Å². The largest absolute Gasteiger partial charge is 0.494 e. The third-order valence-corrected chi connectivity index (χ3v) is 17.5. The molecule has 6 heterocycles. The molecule has 0 saturated carbocycles. The Morgan fingerprint density at radius 1 is 0.610 bits per heavy atom. The molecular weight excluding hydrogens is 1320 g/mol. The van der Waals surface area contributed by atoms with Gasteiger partial charge in [-0.05, 0) is 216 Å². The molecule has 0 bridgehead atoms. The van der Waals surface area contributed by atoms with E-state index in [0.717, 1.165) is 72.8 Å². The third kappa shape index (κ3) is 21.2. The average molecular weight is 1410 g/mol. The first kappa shape index (κ1) is 76.5. The van der Waals surface area contributed by atoms with Gasteiger partial charge in [-0.1, -0.05) is 131 Å². The van der Waals surface area contributed by atoms with Crippen LogP contribution in [0.4, 0.5) is 18.9 Å². The highest BCUT2D eigenvalue weighted by molar-refractivity contribution is 6.62. The van der Waals surface area contributed by atoms with Gasteiger partial charge in [-0.3, -0.25) is 9.67 Å². The lowest BCUT2D eigenvalue weighted by atomic mass is 9.78. The summed E-state index contributed by atoms with van der Waals surface area (Å²) in [5, 5.41) is 33.9. The number of hydrogen-bond donors (Lipinski definition) is 4. The van der Waals surface area contributed by atoms with Crippen LogP contribution in [0.3, 0.4) is 0 Å². The molecule has 0 amide bonds. The summed E-state index contributed by atoms with van der Waals surface area (Å²) in [5.74, 6) is -0.397. The second-order valence-electron chi connectivity index (χ2n) is 25.3. The normalized spacial score (nSPS) is 12.4. The molecular formula is C79H82B2Cl3F3N9O4+. The molecule has 13 rings (SSSR count). The smallest absolute Gasteiger partial charge is 0.423 e. The van der Waals surface area contributed by atoms with Crippen molar-refractivity contribution in [1.29, 1.82) is 5.41 Å². The number of aryl methyl sites for hydroxylation is 7. The van der Waals surface area contributed by atoms with Crippen LogP contribution >= 0.6 is 34.8 Å². The van der Waals surface area contributed by atoms with E-state index in [1.807, 2.05) is 113 Å². The van der Waals surface area contributed by atoms with E-state index >= 15 is 0 Å². The van der Waals surface area contributed by atoms with E-state index < -0.39 is 12.9 Å². The van der Waals surface area contributed by atoms with Gasteiger partial charge in [0.05, 0.1) is 28.6 Å². The number of hydrogen-bond acceptors (Lipinski definition) is 10. The maximum atomic E-state index is 13.3. The number of nitrogens with one attached hydrogen (secondary N) is 2. The van der Waals surface area contributed by atoms with Gasteiger partial charge < -0.3 is 30.1 Å². The van der Waals surface area contributed by atoms with Crippen molar-refractivity contribution in [2.24, 2.45) is 7.05 Å². The Hall–Kier alpha value is -9.23. The molecule has 5 aromatic heterocycles. The van der Waals surface area contributed by atoms with Crippen molar-refractivity contribution >= 4 is 82.8 Å². The Labute approximate surface area is 600 Å². The van der Waals surface area contributed by atoms with Crippen LogP contribution < -0.4 is 20.8 Å². The van der Waals surface area contributed by atoms with E-state index in [9.17, 15) is 13.2 Å². The molecule has 1 aliphatic heterocycles. The minimum Gasteiger partial charge on any atom is -0.423 e. The summed E-state index contributed by atoms with van der Waals surface area (Å²) in [4.78, 5) is 12.4. The molecule has 0 aliphatic carbocycles. The molecule has 1 aliphatic rings. The number of alkyl halides is 1. The van der Waals surface area contributed by atoms with Crippen LogP contribution in [-0.4, -0.2) is 78.0 Å². The van der Waals surface area contributed by atoms with Gasteiger partial charge in [0.15, 0.2) is 0 Å². The van der Waals surface area contributed by atoms with Gasteiger partial charge in [0.25, 0.3) is 6.33 Å². The van der Waals surface area contributed by atoms with E-state index in [2.05, 4.69) is 137 Å². The van der Waals surface area contributed by atoms with E-state index in [4.69, 9.17) is 59.6 Å². The predicted octanol–water partition coefficient (Wildman–Crippen LogP) is 16.4. The number of rotatable bonds is 12. The first-order chi connectivity index (χ1) is 47.6. The summed E-state index contributed by atoms with van der Waals surface area (Å²) in [6.45, 7) is 21.2. The molecule has 0 unspecified atom stereocenters. The van der Waals surface area contributed by atoms with Crippen molar-refractivity contribution in [2.75, 3.05) is 12.4 Å². The third-order valence-electron chi connectivity index (χ3n) is 16.8. The van der Waals surface area contributed by atoms with Crippen LogP contribution in [0.2, 0.25) is 10.3 Å². The van der Waals surface area contributed by atoms with Gasteiger partial charge in [0, 0.05) is 67.0 Å². The fourth-order valence-electron chi connectivity index (χ4n) is 11.3. The maximum absolute atomic E-state index is 13.3. The van der Waals surface area contributed by atoms with Crippen LogP contribution in [0, 0.1) is 64.4 Å².